The van der Waals surface area contributed by atoms with E-state index in [9.17, 15) is 14.7 Å². The molecular weight excluding hydrogens is 1000 g/mol. The van der Waals surface area contributed by atoms with E-state index in [1.165, 1.54) is 186 Å². The second-order valence-corrected chi connectivity index (χ2v) is 22.8. The van der Waals surface area contributed by atoms with Crippen LogP contribution in [0.1, 0.15) is 322 Å². The molecule has 468 valence electrons. The third kappa shape index (κ3) is 68.5. The molecule has 1 N–H and O–H groups in total. The number of ether oxygens (including phenoxy) is 2. The van der Waals surface area contributed by atoms with Gasteiger partial charge in [0.05, 0.1) is 6.61 Å². The molecule has 0 saturated carbocycles. The topological polar surface area (TPSA) is 72.8 Å². The molecule has 1 atom stereocenters. The van der Waals surface area contributed by atoms with Crippen molar-refractivity contribution in [2.75, 3.05) is 13.2 Å². The monoisotopic (exact) mass is 1130 g/mol. The van der Waals surface area contributed by atoms with E-state index in [-0.39, 0.29) is 25.2 Å². The molecule has 0 aromatic carbocycles. The molecule has 0 aliphatic heterocycles. The maximum atomic E-state index is 12.4. The van der Waals surface area contributed by atoms with E-state index in [0.717, 1.165) is 109 Å². The van der Waals surface area contributed by atoms with Crippen LogP contribution in [0, 0.1) is 0 Å². The fourth-order valence-corrected chi connectivity index (χ4v) is 9.82. The van der Waals surface area contributed by atoms with Crippen molar-refractivity contribution in [3.63, 3.8) is 0 Å². The molecule has 0 aromatic rings. The smallest absolute Gasteiger partial charge is 0.306 e. The van der Waals surface area contributed by atoms with Crippen LogP contribution in [-0.4, -0.2) is 36.4 Å². The first-order valence-electron chi connectivity index (χ1n) is 34.7. The number of aliphatic hydroxyl groups is 1. The Labute approximate surface area is 508 Å². The highest BCUT2D eigenvalue weighted by molar-refractivity contribution is 5.70. The summed E-state index contributed by atoms with van der Waals surface area (Å²) in [4.78, 5) is 24.7. The van der Waals surface area contributed by atoms with Crippen LogP contribution in [0.2, 0.25) is 0 Å². The first-order valence-corrected chi connectivity index (χ1v) is 34.7. The predicted molar refractivity (Wildman–Crippen MR) is 361 cm³/mol. The van der Waals surface area contributed by atoms with E-state index in [0.29, 0.717) is 12.8 Å². The number of unbranched alkanes of at least 4 members (excludes halogenated alkanes) is 33. The molecule has 5 nitrogen and oxygen atoms in total. The number of allylic oxidation sites excluding steroid dienone is 22. The number of carbonyl (C=O) groups is 2. The van der Waals surface area contributed by atoms with Gasteiger partial charge in [0, 0.05) is 12.8 Å². The lowest BCUT2D eigenvalue weighted by Crippen LogP contribution is -2.28. The summed E-state index contributed by atoms with van der Waals surface area (Å²) < 4.78 is 10.8. The Hall–Kier alpha value is -3.96. The average molecular weight is 1140 g/mol. The van der Waals surface area contributed by atoms with Gasteiger partial charge in [-0.2, -0.15) is 0 Å². The summed E-state index contributed by atoms with van der Waals surface area (Å²) in [6.45, 7) is 3.94. The summed E-state index contributed by atoms with van der Waals surface area (Å²) in [6.07, 6.45) is 106. The first-order chi connectivity index (χ1) is 40.6. The van der Waals surface area contributed by atoms with Crippen molar-refractivity contribution in [2.24, 2.45) is 0 Å². The summed E-state index contributed by atoms with van der Waals surface area (Å²) in [5.41, 5.74) is 0. The van der Waals surface area contributed by atoms with Gasteiger partial charge in [0.2, 0.25) is 0 Å². The standard InChI is InChI=1S/C77H130O5/c1-3-5-7-9-11-13-15-17-19-21-23-25-27-29-31-33-35-36-37-38-39-40-42-43-45-47-49-51-53-55-57-59-61-63-65-67-69-71-76(79)81-74-75(73-78)82-77(80)72-70-68-66-64-62-60-58-56-54-52-50-48-46-44-41-34-32-30-28-26-24-22-20-18-16-14-12-10-8-6-4-2/h5-8,11-14,17-20,23-26,29-32,41,44,75,78H,3-4,9-10,15-16,21-22,27-28,33-40,42-43,45-74H2,1-2H3/b7-5-,8-6-,13-11-,14-12-,19-17-,20-18-,25-23-,26-24-,31-29-,32-30-,44-41-. The predicted octanol–water partition coefficient (Wildman–Crippen LogP) is 24.3. The quantitative estimate of drug-likeness (QED) is 0.0373. The lowest BCUT2D eigenvalue weighted by atomic mass is 10.0. The van der Waals surface area contributed by atoms with Crippen molar-refractivity contribution in [1.29, 1.82) is 0 Å². The van der Waals surface area contributed by atoms with Crippen LogP contribution in [0.5, 0.6) is 0 Å². The zero-order chi connectivity index (χ0) is 59.1. The molecule has 0 aliphatic rings. The Balaban J connectivity index is 3.46. The van der Waals surface area contributed by atoms with E-state index in [4.69, 9.17) is 9.47 Å². The summed E-state index contributed by atoms with van der Waals surface area (Å²) in [5.74, 6) is -0.585. The molecule has 0 amide bonds. The lowest BCUT2D eigenvalue weighted by Gasteiger charge is -2.15. The molecule has 1 unspecified atom stereocenters. The van der Waals surface area contributed by atoms with Crippen LogP contribution in [0.4, 0.5) is 0 Å². The third-order valence-electron chi connectivity index (χ3n) is 14.9. The highest BCUT2D eigenvalue weighted by Gasteiger charge is 2.16. The third-order valence-corrected chi connectivity index (χ3v) is 14.9. The van der Waals surface area contributed by atoms with Gasteiger partial charge in [-0.3, -0.25) is 9.59 Å². The van der Waals surface area contributed by atoms with Crippen molar-refractivity contribution >= 4 is 11.9 Å². The highest BCUT2D eigenvalue weighted by atomic mass is 16.6. The average Bonchev–Trinajstić information content (AvgIpc) is 3.49. The Morgan fingerprint density at radius 2 is 0.488 bits per heavy atom. The van der Waals surface area contributed by atoms with Gasteiger partial charge in [0.15, 0.2) is 6.10 Å². The minimum atomic E-state index is -0.781. The van der Waals surface area contributed by atoms with Crippen LogP contribution in [0.15, 0.2) is 134 Å². The van der Waals surface area contributed by atoms with E-state index in [2.05, 4.69) is 148 Å². The fourth-order valence-electron chi connectivity index (χ4n) is 9.82. The van der Waals surface area contributed by atoms with E-state index < -0.39 is 6.10 Å². The van der Waals surface area contributed by atoms with Crippen LogP contribution >= 0.6 is 0 Å². The van der Waals surface area contributed by atoms with Crippen molar-refractivity contribution in [3.05, 3.63) is 134 Å². The van der Waals surface area contributed by atoms with Crippen molar-refractivity contribution in [3.8, 4) is 0 Å². The van der Waals surface area contributed by atoms with Gasteiger partial charge in [-0.15, -0.1) is 0 Å². The molecule has 0 saturated heterocycles. The van der Waals surface area contributed by atoms with Crippen molar-refractivity contribution < 1.29 is 24.2 Å². The minimum Gasteiger partial charge on any atom is -0.462 e. The number of rotatable bonds is 63. The molecule has 0 rings (SSSR count). The summed E-state index contributed by atoms with van der Waals surface area (Å²) in [7, 11) is 0. The van der Waals surface area contributed by atoms with Gasteiger partial charge in [-0.1, -0.05) is 334 Å². The van der Waals surface area contributed by atoms with Crippen LogP contribution in [0.3, 0.4) is 0 Å². The van der Waals surface area contributed by atoms with Crippen molar-refractivity contribution in [2.45, 2.75) is 328 Å². The van der Waals surface area contributed by atoms with Crippen molar-refractivity contribution in [1.82, 2.24) is 0 Å². The van der Waals surface area contributed by atoms with Gasteiger partial charge in [0.25, 0.3) is 0 Å². The number of esters is 2. The van der Waals surface area contributed by atoms with E-state index >= 15 is 0 Å². The summed E-state index contributed by atoms with van der Waals surface area (Å²) in [6, 6.07) is 0. The molecule has 0 fully saturated rings. The van der Waals surface area contributed by atoms with Gasteiger partial charge >= 0.3 is 11.9 Å². The zero-order valence-electron chi connectivity index (χ0n) is 53.7. The Morgan fingerprint density at radius 1 is 0.280 bits per heavy atom. The van der Waals surface area contributed by atoms with Gasteiger partial charge in [0.1, 0.15) is 6.61 Å². The molecular formula is C77H130O5. The number of hydrogen-bond acceptors (Lipinski definition) is 5. The molecule has 5 heteroatoms. The minimum absolute atomic E-state index is 0.0691. The first kappa shape index (κ1) is 78.0. The second-order valence-electron chi connectivity index (χ2n) is 22.8. The highest BCUT2D eigenvalue weighted by Crippen LogP contribution is 2.17. The number of carbonyl (C=O) groups excluding carboxylic acids is 2. The Morgan fingerprint density at radius 3 is 0.732 bits per heavy atom. The number of aliphatic hydroxyl groups excluding tert-OH is 1. The molecule has 0 aliphatic carbocycles. The maximum Gasteiger partial charge on any atom is 0.306 e. The van der Waals surface area contributed by atoms with Crippen LogP contribution < -0.4 is 0 Å². The molecule has 0 aromatic heterocycles. The molecule has 0 spiro atoms. The van der Waals surface area contributed by atoms with Gasteiger partial charge in [-0.05, 0) is 109 Å². The van der Waals surface area contributed by atoms with Crippen LogP contribution in [0.25, 0.3) is 0 Å². The Bertz CT molecular complexity index is 1670. The lowest BCUT2D eigenvalue weighted by molar-refractivity contribution is -0.161. The fraction of sp³-hybridized carbons (Fsp3) is 0.688. The summed E-state index contributed by atoms with van der Waals surface area (Å²) >= 11 is 0. The van der Waals surface area contributed by atoms with Gasteiger partial charge < -0.3 is 14.6 Å². The van der Waals surface area contributed by atoms with Crippen LogP contribution in [-0.2, 0) is 19.1 Å². The van der Waals surface area contributed by atoms with E-state index in [1.807, 2.05) is 0 Å². The molecule has 82 heavy (non-hydrogen) atoms. The van der Waals surface area contributed by atoms with E-state index in [1.54, 1.807) is 0 Å². The SMILES string of the molecule is CC/C=C\C/C=C\C/C=C\C/C=C\C/C=C\C/C=C\CCCCCCCCCCCCCCC(=O)OC(CO)COC(=O)CCCCCCCCCCCCCCCCCCCCCCC/C=C\C/C=C\C/C=C\C/C=C\C/C=C\CC. The molecule has 0 heterocycles. The zero-order valence-corrected chi connectivity index (χ0v) is 53.7. The van der Waals surface area contributed by atoms with Gasteiger partial charge in [-0.25, -0.2) is 0 Å². The number of hydrogen-bond donors (Lipinski definition) is 1. The summed E-state index contributed by atoms with van der Waals surface area (Å²) in [5, 5.41) is 9.70. The second kappa shape index (κ2) is 71.3. The molecule has 0 radical (unpaired) electrons. The normalized spacial score (nSPS) is 13.1. The Kier molecular flexibility index (Phi) is 67.9. The maximum absolute atomic E-state index is 12.4. The largest absolute Gasteiger partial charge is 0.462 e. The molecule has 0 bridgehead atoms.